The number of halogens is 7. The molecular formula is C31H40F7N4O6+. The number of benzene rings is 1. The van der Waals surface area contributed by atoms with Gasteiger partial charge in [0.15, 0.2) is 0 Å². The molecule has 2 fully saturated rings. The molecule has 0 bridgehead atoms. The zero-order chi connectivity index (χ0) is 36.4. The molecule has 0 saturated carbocycles. The minimum Gasteiger partial charge on any atom is -0.378 e. The number of imide groups is 1. The molecule has 1 aromatic carbocycles. The third-order valence-electron chi connectivity index (χ3n) is 8.84. The second kappa shape index (κ2) is 14.5. The summed E-state index contributed by atoms with van der Waals surface area (Å²) in [6.07, 6.45) is -6.27. The fraction of sp³-hybridized carbons (Fsp3) is 0.645. The van der Waals surface area contributed by atoms with Crippen LogP contribution in [0.15, 0.2) is 24.3 Å². The van der Waals surface area contributed by atoms with Crippen molar-refractivity contribution in [3.05, 3.63) is 35.4 Å². The van der Waals surface area contributed by atoms with Crippen molar-refractivity contribution in [2.75, 3.05) is 32.8 Å². The number of hydrogen-bond acceptors (Lipinski definition) is 6. The maximum Gasteiger partial charge on any atom is 0.460 e. The smallest absolute Gasteiger partial charge is 0.378 e. The second-order valence-electron chi connectivity index (χ2n) is 12.8. The molecule has 0 radical (unpaired) electrons. The van der Waals surface area contributed by atoms with Crippen LogP contribution in [0.25, 0.3) is 0 Å². The van der Waals surface area contributed by atoms with Gasteiger partial charge in [-0.1, -0.05) is 27.7 Å². The van der Waals surface area contributed by atoms with E-state index >= 15 is 0 Å². The van der Waals surface area contributed by atoms with Gasteiger partial charge in [0, 0.05) is 37.1 Å². The summed E-state index contributed by atoms with van der Waals surface area (Å²) in [7, 11) is 0. The number of rotatable bonds is 10. The maximum atomic E-state index is 14.4. The average Bonchev–Trinajstić information content (AvgIpc) is 3.42. The molecule has 48 heavy (non-hydrogen) atoms. The zero-order valence-corrected chi connectivity index (χ0v) is 27.1. The Balaban J connectivity index is 1.87. The normalized spacial score (nSPS) is 22.0. The molecule has 2 saturated heterocycles. The van der Waals surface area contributed by atoms with Crippen LogP contribution in [0.4, 0.5) is 35.5 Å². The van der Waals surface area contributed by atoms with E-state index in [1.165, 1.54) is 31.2 Å². The molecule has 3 rings (SSSR count). The summed E-state index contributed by atoms with van der Waals surface area (Å²) in [5, 5.41) is 4.46. The highest BCUT2D eigenvalue weighted by Crippen LogP contribution is 2.47. The predicted octanol–water partition coefficient (Wildman–Crippen LogP) is 4.58. The fourth-order valence-electron chi connectivity index (χ4n) is 5.82. The van der Waals surface area contributed by atoms with E-state index in [-0.39, 0.29) is 30.9 Å². The highest BCUT2D eigenvalue weighted by Gasteiger charge is 2.77. The van der Waals surface area contributed by atoms with Gasteiger partial charge in [-0.15, -0.1) is 0 Å². The van der Waals surface area contributed by atoms with Gasteiger partial charge in [-0.25, -0.2) is 9.59 Å². The van der Waals surface area contributed by atoms with Crippen LogP contribution < -0.4 is 10.6 Å². The van der Waals surface area contributed by atoms with E-state index in [0.717, 1.165) is 13.8 Å². The number of likely N-dealkylation sites (tertiary alicyclic amines) is 1. The predicted molar refractivity (Wildman–Crippen MR) is 156 cm³/mol. The lowest BCUT2D eigenvalue weighted by molar-refractivity contribution is -0.786. The van der Waals surface area contributed by atoms with Crippen LogP contribution in [-0.2, 0) is 14.3 Å². The first-order valence-corrected chi connectivity index (χ1v) is 15.5. The van der Waals surface area contributed by atoms with Gasteiger partial charge in [0.2, 0.25) is 5.78 Å². The lowest BCUT2D eigenvalue weighted by Crippen LogP contribution is -2.70. The molecule has 2 N–H and O–H groups in total. The number of ketones is 1. The van der Waals surface area contributed by atoms with E-state index in [4.69, 9.17) is 4.74 Å². The highest BCUT2D eigenvalue weighted by atomic mass is 19.4. The number of urea groups is 1. The van der Waals surface area contributed by atoms with Crippen LogP contribution in [0.5, 0.6) is 0 Å². The van der Waals surface area contributed by atoms with Crippen molar-refractivity contribution in [3.63, 3.8) is 0 Å². The Morgan fingerprint density at radius 2 is 1.35 bits per heavy atom. The first-order valence-electron chi connectivity index (χ1n) is 15.5. The van der Waals surface area contributed by atoms with Crippen molar-refractivity contribution in [1.29, 1.82) is 0 Å². The van der Waals surface area contributed by atoms with Gasteiger partial charge in [-0.3, -0.25) is 19.7 Å². The van der Waals surface area contributed by atoms with Crippen molar-refractivity contribution in [1.82, 2.24) is 15.5 Å². The Labute approximate surface area is 272 Å². The standard InChI is InChI=1S/C31H39F7N4O6/c1-17(2)22(24(43)29(32,33)30(34,35)31(36,37)38)40-28(47)42(14-6-7-19(42)5)27(46)23(18(3)4)39-25(44)20-8-10-21(11-9-20)26(45)41-12-15-48-16-13-41/h8-11,17-19,22-23H,6-7,12-16H2,1-5H3,(H-,39,40,44,47)/p+1/t19-,22?,23+,42?/m1/s1. The van der Waals surface area contributed by atoms with Crippen molar-refractivity contribution in [3.8, 4) is 0 Å². The number of ether oxygens (including phenoxy) is 1. The monoisotopic (exact) mass is 697 g/mol. The van der Waals surface area contributed by atoms with E-state index in [1.54, 1.807) is 18.7 Å². The maximum absolute atomic E-state index is 14.4. The van der Waals surface area contributed by atoms with Gasteiger partial charge in [-0.2, -0.15) is 35.2 Å². The number of quaternary nitrogens is 1. The number of morpholine rings is 1. The summed E-state index contributed by atoms with van der Waals surface area (Å²) in [5.74, 6) is -19.8. The largest absolute Gasteiger partial charge is 0.460 e. The molecule has 268 valence electrons. The molecule has 2 aliphatic rings. The van der Waals surface area contributed by atoms with Crippen molar-refractivity contribution in [2.24, 2.45) is 11.8 Å². The molecule has 2 heterocycles. The van der Waals surface area contributed by atoms with E-state index < -0.39 is 76.1 Å². The summed E-state index contributed by atoms with van der Waals surface area (Å²) in [5.41, 5.74) is 0.376. The third kappa shape index (κ3) is 7.36. The van der Waals surface area contributed by atoms with Crippen LogP contribution in [0.2, 0.25) is 0 Å². The number of Topliss-reactive ketones (excluding diaryl/α,β-unsaturated/α-hetero) is 1. The topological polar surface area (TPSA) is 122 Å². The Kier molecular flexibility index (Phi) is 11.7. The van der Waals surface area contributed by atoms with Crippen LogP contribution in [0.3, 0.4) is 0 Å². The summed E-state index contributed by atoms with van der Waals surface area (Å²) in [4.78, 5) is 68.2. The van der Waals surface area contributed by atoms with Crippen LogP contribution in [-0.4, -0.2) is 108 Å². The molecule has 0 aliphatic carbocycles. The number of carbonyl (C=O) groups is 5. The number of nitrogens with one attached hydrogen (secondary N) is 2. The molecular weight excluding hydrogens is 657 g/mol. The van der Waals surface area contributed by atoms with E-state index in [2.05, 4.69) is 5.32 Å². The average molecular weight is 698 g/mol. The van der Waals surface area contributed by atoms with Crippen molar-refractivity contribution >= 4 is 29.5 Å². The highest BCUT2D eigenvalue weighted by molar-refractivity contribution is 6.00. The number of alkyl halides is 7. The van der Waals surface area contributed by atoms with E-state index in [9.17, 15) is 54.7 Å². The second-order valence-corrected chi connectivity index (χ2v) is 12.8. The van der Waals surface area contributed by atoms with Gasteiger partial charge in [0.25, 0.3) is 11.8 Å². The Bertz CT molecular complexity index is 1380. The summed E-state index contributed by atoms with van der Waals surface area (Å²) >= 11 is 0. The van der Waals surface area contributed by atoms with E-state index in [0.29, 0.717) is 31.9 Å². The third-order valence-corrected chi connectivity index (χ3v) is 8.84. The summed E-state index contributed by atoms with van der Waals surface area (Å²) in [6.45, 7) is 8.07. The summed E-state index contributed by atoms with van der Waals surface area (Å²) < 4.78 is 99.0. The SMILES string of the molecule is CC(C)C(NC(=O)[N+]1(C(=O)[C@@H](NC(=O)c2ccc(C(=O)N3CCOCC3)cc2)C(C)C)CCC[C@H]1C)C(=O)C(F)(F)C(F)(F)C(F)(F)F. The van der Waals surface area contributed by atoms with Crippen molar-refractivity contribution < 1.29 is 63.9 Å². The van der Waals surface area contributed by atoms with Crippen LogP contribution in [0.1, 0.15) is 68.2 Å². The fourth-order valence-corrected chi connectivity index (χ4v) is 5.82. The zero-order valence-electron chi connectivity index (χ0n) is 27.1. The van der Waals surface area contributed by atoms with Crippen LogP contribution in [0, 0.1) is 11.8 Å². The van der Waals surface area contributed by atoms with Crippen molar-refractivity contribution in [2.45, 2.75) is 83.6 Å². The van der Waals surface area contributed by atoms with Gasteiger partial charge >= 0.3 is 30.0 Å². The Morgan fingerprint density at radius 3 is 1.81 bits per heavy atom. The molecule has 4 atom stereocenters. The van der Waals surface area contributed by atoms with Gasteiger partial charge in [0.1, 0.15) is 18.1 Å². The first kappa shape index (κ1) is 38.8. The summed E-state index contributed by atoms with van der Waals surface area (Å²) in [6, 6.07) is -0.486. The quantitative estimate of drug-likeness (QED) is 0.273. The molecule has 1 aromatic rings. The Hall–Kier alpha value is -3.60. The lowest BCUT2D eigenvalue weighted by atomic mass is 9.92. The molecule has 17 heteroatoms. The van der Waals surface area contributed by atoms with E-state index in [1.807, 2.05) is 5.32 Å². The Morgan fingerprint density at radius 1 is 0.833 bits per heavy atom. The number of hydrogen-bond donors (Lipinski definition) is 2. The molecule has 0 aromatic heterocycles. The van der Waals surface area contributed by atoms with Gasteiger partial charge < -0.3 is 15.0 Å². The molecule has 0 spiro atoms. The number of carbonyl (C=O) groups excluding carboxylic acids is 5. The molecule has 10 nitrogen and oxygen atoms in total. The lowest BCUT2D eigenvalue weighted by Gasteiger charge is -2.38. The van der Waals surface area contributed by atoms with Crippen LogP contribution >= 0.6 is 0 Å². The number of nitrogens with zero attached hydrogens (tertiary/aromatic N) is 2. The number of amides is 5. The van der Waals surface area contributed by atoms with Gasteiger partial charge in [-0.05, 0) is 43.0 Å². The van der Waals surface area contributed by atoms with Gasteiger partial charge in [0.05, 0.1) is 19.8 Å². The first-order chi connectivity index (χ1) is 22.1. The molecule has 2 unspecified atom stereocenters. The molecule has 5 amide bonds. The molecule has 2 aliphatic heterocycles. The minimum atomic E-state index is -6.77. The minimum absolute atomic E-state index is 0.0655.